The smallest absolute Gasteiger partial charge is 0.0547 e. The lowest BCUT2D eigenvalue weighted by Crippen LogP contribution is -2.14. The summed E-state index contributed by atoms with van der Waals surface area (Å²) in [5.41, 5.74) is 38.3. The Hall–Kier alpha value is -15.8. The van der Waals surface area contributed by atoms with E-state index in [1.807, 2.05) is 0 Å². The van der Waals surface area contributed by atoms with Crippen LogP contribution in [-0.2, 0) is 5.41 Å². The number of fused-ring (bicyclic) bond motifs is 18. The number of aryl methyl sites for hydroxylation is 5. The summed E-state index contributed by atoms with van der Waals surface area (Å²) in [5, 5.41) is 13.1. The van der Waals surface area contributed by atoms with Gasteiger partial charge in [0.1, 0.15) is 0 Å². The van der Waals surface area contributed by atoms with Gasteiger partial charge in [-0.15, -0.1) is 0 Å². The fraction of sp³-hybridized carbons (Fsp3) is 0.0656. The molecule has 19 aromatic carbocycles. The molecule has 25 rings (SSSR count). The lowest BCUT2D eigenvalue weighted by atomic mass is 9.82. The maximum Gasteiger partial charge on any atom is 0.0547 e. The number of hydrogen-bond acceptors (Lipinski definition) is 0. The van der Waals surface area contributed by atoms with E-state index in [1.54, 1.807) is 0 Å². The van der Waals surface area contributed by atoms with Crippen molar-refractivity contribution in [2.45, 2.75) is 53.9 Å². The summed E-state index contributed by atoms with van der Waals surface area (Å²) in [4.78, 5) is 0. The van der Waals surface area contributed by atoms with E-state index >= 15 is 0 Å². The van der Waals surface area contributed by atoms with Crippen molar-refractivity contribution in [3.05, 3.63) is 488 Å². The molecule has 0 aliphatic heterocycles. The molecule has 0 amide bonds. The summed E-state index contributed by atoms with van der Waals surface area (Å²) in [6.45, 7) is 15.4. The van der Waals surface area contributed by atoms with Gasteiger partial charge in [0.15, 0.2) is 0 Å². The highest BCUT2D eigenvalue weighted by molar-refractivity contribution is 6.19. The third kappa shape index (κ3) is 14.1. The summed E-state index contributed by atoms with van der Waals surface area (Å²) in [7, 11) is 0. The topological polar surface area (TPSA) is 24.6 Å². The van der Waals surface area contributed by atoms with E-state index in [1.165, 1.54) is 221 Å². The molecule has 0 radical (unpaired) electrons. The molecule has 5 heteroatoms. The van der Waals surface area contributed by atoms with Gasteiger partial charge in [-0.1, -0.05) is 353 Å². The Morgan fingerprint density at radius 1 is 0.173 bits per heavy atom. The second-order valence-electron chi connectivity index (χ2n) is 34.2. The number of aromatic nitrogens is 5. The average molecular weight is 1630 g/mol. The van der Waals surface area contributed by atoms with Gasteiger partial charge >= 0.3 is 0 Å². The predicted molar refractivity (Wildman–Crippen MR) is 541 cm³/mol. The lowest BCUT2D eigenvalue weighted by Gasteiger charge is -2.21. The number of benzene rings is 19. The van der Waals surface area contributed by atoms with E-state index in [-0.39, 0.29) is 5.41 Å². The Morgan fingerprint density at radius 2 is 0.480 bits per heavy atom. The van der Waals surface area contributed by atoms with Gasteiger partial charge in [-0.3, -0.25) is 0 Å². The number of para-hydroxylation sites is 7. The van der Waals surface area contributed by atoms with Crippen LogP contribution in [0.2, 0.25) is 0 Å². The molecule has 127 heavy (non-hydrogen) atoms. The highest BCUT2D eigenvalue weighted by Gasteiger charge is 2.36. The van der Waals surface area contributed by atoms with E-state index in [0.29, 0.717) is 0 Å². The minimum atomic E-state index is 0.00794. The number of nitrogens with zero attached hydrogens (tertiary/aromatic N) is 5. The maximum absolute atomic E-state index is 2.44. The SMILES string of the molecule is Cc1ccc(-n2c3ccccc3c3c(-c4ccccc4)cccc32)cc1.Cc1ccc(-n2c3ccccc3c3ccccc32)cc1.Cc1cccc(-n2c3ccccc3c3c(-c4ccccc4)cccc32)c1.Cc1cccc(-n2c3ccccc3c3cc4c(cc32)C(C)(C)c2ccccc2-4)c1.Cc1ccccc1-n1c2ccccc2c2c(-c3ccccc3)cccc21. The first kappa shape index (κ1) is 78.4. The van der Waals surface area contributed by atoms with Gasteiger partial charge in [0.2, 0.25) is 0 Å². The fourth-order valence-electron chi connectivity index (χ4n) is 19.8. The van der Waals surface area contributed by atoms with Crippen LogP contribution in [0, 0.1) is 34.6 Å². The van der Waals surface area contributed by atoms with Crippen LogP contribution in [-0.4, -0.2) is 22.8 Å². The molecule has 0 N–H and O–H groups in total. The molecule has 0 bridgehead atoms. The van der Waals surface area contributed by atoms with Crippen molar-refractivity contribution in [1.29, 1.82) is 0 Å². The molecular formula is C122H95N5. The van der Waals surface area contributed by atoms with Crippen molar-refractivity contribution in [3.63, 3.8) is 0 Å². The monoisotopic (exact) mass is 1630 g/mol. The zero-order chi connectivity index (χ0) is 85.8. The standard InChI is InChI=1S/C28H23N.3C25H19N.C19H15N/c1-18-9-8-10-19(15-18)29-26-14-7-5-12-21(26)23-16-22-20-11-4-6-13-24(20)28(2,3)25(22)17-27(23)29;1-18-10-5-7-15-22(18)26-23-16-8-6-13-21(23)25-20(14-9-17-24(25)26)19-11-3-2-4-12-19;1-18-9-7-12-20(17-18)26-23-15-6-5-13-22(23)25-21(14-8-16-24(25)26)19-10-3-2-4-11-19;1-18-14-16-20(17-15-18)26-23-12-6-5-10-22(23)25-21(11-7-13-24(25)26)19-8-3-2-4-9-19;1-14-10-12-15(13-11-14)20-18-8-4-2-6-16(18)17-7-3-5-9-19(17)20/h4-17H,1-3H3;3*2-17H,1H3;2-13H,1H3. The molecule has 5 aromatic heterocycles. The van der Waals surface area contributed by atoms with Gasteiger partial charge in [0, 0.05) is 87.7 Å². The number of rotatable bonds is 8. The van der Waals surface area contributed by atoms with Crippen LogP contribution in [0.1, 0.15) is 52.8 Å². The van der Waals surface area contributed by atoms with Gasteiger partial charge in [-0.2, -0.15) is 0 Å². The first-order chi connectivity index (χ1) is 62.4. The third-order valence-electron chi connectivity index (χ3n) is 25.8. The van der Waals surface area contributed by atoms with Crippen molar-refractivity contribution in [2.75, 3.05) is 0 Å². The predicted octanol–water partition coefficient (Wildman–Crippen LogP) is 32.8. The number of hydrogen-bond donors (Lipinski definition) is 0. The van der Waals surface area contributed by atoms with Crippen molar-refractivity contribution in [2.24, 2.45) is 0 Å². The molecule has 1 aliphatic rings. The Morgan fingerprint density at radius 3 is 0.906 bits per heavy atom. The second kappa shape index (κ2) is 33.1. The highest BCUT2D eigenvalue weighted by Crippen LogP contribution is 2.52. The minimum Gasteiger partial charge on any atom is -0.309 e. The van der Waals surface area contributed by atoms with Gasteiger partial charge in [0.05, 0.1) is 55.2 Å². The largest absolute Gasteiger partial charge is 0.309 e. The Labute approximate surface area is 741 Å². The minimum absolute atomic E-state index is 0.00794. The lowest BCUT2D eigenvalue weighted by molar-refractivity contribution is 0.661. The van der Waals surface area contributed by atoms with Crippen LogP contribution < -0.4 is 0 Å². The first-order valence-electron chi connectivity index (χ1n) is 44.1. The normalized spacial score (nSPS) is 12.0. The van der Waals surface area contributed by atoms with E-state index in [0.717, 1.165) is 0 Å². The molecule has 0 fully saturated rings. The molecule has 608 valence electrons. The maximum atomic E-state index is 2.44. The summed E-state index contributed by atoms with van der Waals surface area (Å²) in [5.74, 6) is 0. The summed E-state index contributed by atoms with van der Waals surface area (Å²) in [6.07, 6.45) is 0. The molecule has 24 aromatic rings. The Bertz CT molecular complexity index is 8200. The van der Waals surface area contributed by atoms with E-state index in [2.05, 4.69) is 520 Å². The van der Waals surface area contributed by atoms with Crippen molar-refractivity contribution in [1.82, 2.24) is 22.8 Å². The second-order valence-corrected chi connectivity index (χ2v) is 34.2. The molecule has 0 spiro atoms. The van der Waals surface area contributed by atoms with Crippen LogP contribution in [0.15, 0.2) is 449 Å². The summed E-state index contributed by atoms with van der Waals surface area (Å²) in [6, 6.07) is 161. The van der Waals surface area contributed by atoms with Crippen molar-refractivity contribution < 1.29 is 0 Å². The zero-order valence-corrected chi connectivity index (χ0v) is 72.5. The van der Waals surface area contributed by atoms with Crippen LogP contribution in [0.5, 0.6) is 0 Å². The van der Waals surface area contributed by atoms with Gasteiger partial charge < -0.3 is 22.8 Å². The molecule has 1 aliphatic carbocycles. The van der Waals surface area contributed by atoms with Crippen LogP contribution >= 0.6 is 0 Å². The molecule has 0 saturated carbocycles. The molecule has 0 unspecified atom stereocenters. The molecular weight excluding hydrogens is 1540 g/mol. The molecule has 5 heterocycles. The molecule has 5 nitrogen and oxygen atoms in total. The van der Waals surface area contributed by atoms with Gasteiger partial charge in [0.25, 0.3) is 0 Å². The third-order valence-corrected chi connectivity index (χ3v) is 25.8. The Balaban J connectivity index is 0.0000000971. The molecule has 0 atom stereocenters. The summed E-state index contributed by atoms with van der Waals surface area (Å²) >= 11 is 0. The fourth-order valence-corrected chi connectivity index (χ4v) is 19.8. The highest BCUT2D eigenvalue weighted by atomic mass is 15.0. The first-order valence-corrected chi connectivity index (χ1v) is 44.1. The van der Waals surface area contributed by atoms with Crippen LogP contribution in [0.25, 0.3) is 182 Å². The molecule has 0 saturated heterocycles. The van der Waals surface area contributed by atoms with Crippen molar-refractivity contribution >= 4 is 109 Å². The van der Waals surface area contributed by atoms with Crippen molar-refractivity contribution in [3.8, 4) is 72.9 Å². The summed E-state index contributed by atoms with van der Waals surface area (Å²) < 4.78 is 11.9. The van der Waals surface area contributed by atoms with E-state index < -0.39 is 0 Å². The average Bonchev–Trinajstić information content (AvgIpc) is 1.55. The van der Waals surface area contributed by atoms with Gasteiger partial charge in [-0.25, -0.2) is 0 Å². The quantitative estimate of drug-likeness (QED) is 0.145. The van der Waals surface area contributed by atoms with Crippen LogP contribution in [0.4, 0.5) is 0 Å². The zero-order valence-electron chi connectivity index (χ0n) is 72.5. The van der Waals surface area contributed by atoms with E-state index in [9.17, 15) is 0 Å². The van der Waals surface area contributed by atoms with Crippen LogP contribution in [0.3, 0.4) is 0 Å². The van der Waals surface area contributed by atoms with E-state index in [4.69, 9.17) is 0 Å². The van der Waals surface area contributed by atoms with Gasteiger partial charge in [-0.05, 0) is 228 Å². The Kier molecular flexibility index (Phi) is 20.4.